The van der Waals surface area contributed by atoms with Gasteiger partial charge in [0.15, 0.2) is 0 Å². The molecule has 1 aromatic rings. The van der Waals surface area contributed by atoms with Crippen LogP contribution in [-0.2, 0) is 10.1 Å². The molecule has 0 unspecified atom stereocenters. The number of hydrogen-bond donors (Lipinski definition) is 1. The summed E-state index contributed by atoms with van der Waals surface area (Å²) in [4.78, 5) is -0.148. The van der Waals surface area contributed by atoms with E-state index in [1.165, 1.54) is 24.3 Å². The predicted molar refractivity (Wildman–Crippen MR) is 62.2 cm³/mol. The van der Waals surface area contributed by atoms with Crippen LogP contribution in [0, 0.1) is 0 Å². The van der Waals surface area contributed by atoms with Crippen LogP contribution < -0.4 is 0 Å². The molecule has 15 heavy (non-hydrogen) atoms. The fraction of sp³-hybridized carbons (Fsp3) is 0. The molecule has 0 saturated carbocycles. The Morgan fingerprint density at radius 1 is 1.20 bits per heavy atom. The molecule has 1 radical (unpaired) electrons. The van der Waals surface area contributed by atoms with Gasteiger partial charge in [-0.15, -0.1) is 0 Å². The molecule has 0 aromatic heterocycles. The molecule has 0 heterocycles. The minimum Gasteiger partial charge on any atom is -0.282 e. The first-order valence-electron chi connectivity index (χ1n) is 3.86. The monoisotopic (exact) mass is 233 g/mol. The second kappa shape index (κ2) is 5.63. The van der Waals surface area contributed by atoms with E-state index in [1.807, 2.05) is 0 Å². The molecule has 0 bridgehead atoms. The molecule has 75 valence electrons. The molecule has 0 fully saturated rings. The fourth-order valence-corrected chi connectivity index (χ4v) is 1.91. The zero-order valence-electron chi connectivity index (χ0n) is 8.47. The normalized spacial score (nSPS) is 10.2. The Morgan fingerprint density at radius 3 is 2.20 bits per heavy atom. The van der Waals surface area contributed by atoms with Crippen LogP contribution in [0.3, 0.4) is 0 Å². The van der Waals surface area contributed by atoms with E-state index >= 15 is 0 Å². The topological polar surface area (TPSA) is 54.4 Å². The van der Waals surface area contributed by atoms with E-state index in [-0.39, 0.29) is 34.5 Å². The average molecular weight is 233 g/mol. The van der Waals surface area contributed by atoms with Gasteiger partial charge in [0.25, 0.3) is 10.1 Å². The van der Waals surface area contributed by atoms with Crippen molar-refractivity contribution in [2.24, 2.45) is 0 Å². The molecule has 0 aliphatic rings. The largest absolute Gasteiger partial charge is 0.295 e. The summed E-state index contributed by atoms with van der Waals surface area (Å²) >= 11 is 0. The van der Waals surface area contributed by atoms with Gasteiger partial charge < -0.3 is 0 Å². The molecular formula is C10H10NaO3S. The molecular weight excluding hydrogens is 223 g/mol. The predicted octanol–water partition coefficient (Wildman–Crippen LogP) is 1.84. The van der Waals surface area contributed by atoms with E-state index in [2.05, 4.69) is 13.2 Å². The zero-order chi connectivity index (χ0) is 10.8. The zero-order valence-corrected chi connectivity index (χ0v) is 11.3. The first-order valence-corrected chi connectivity index (χ1v) is 5.30. The van der Waals surface area contributed by atoms with Crippen molar-refractivity contribution in [3.05, 3.63) is 42.5 Å². The maximum absolute atomic E-state index is 11.0. The molecule has 0 aliphatic heterocycles. The summed E-state index contributed by atoms with van der Waals surface area (Å²) in [6.07, 6.45) is 2.88. The molecule has 1 rings (SSSR count). The molecule has 1 N–H and O–H groups in total. The van der Waals surface area contributed by atoms with Gasteiger partial charge in [-0.05, 0) is 11.6 Å². The molecule has 0 aliphatic carbocycles. The van der Waals surface area contributed by atoms with Crippen LogP contribution in [-0.4, -0.2) is 42.5 Å². The van der Waals surface area contributed by atoms with Crippen LogP contribution in [0.25, 0.3) is 12.2 Å². The van der Waals surface area contributed by atoms with Gasteiger partial charge in [-0.25, -0.2) is 0 Å². The first kappa shape index (κ1) is 14.6. The summed E-state index contributed by atoms with van der Waals surface area (Å²) in [7, 11) is -4.20. The Balaban J connectivity index is 0.00000196. The van der Waals surface area contributed by atoms with Gasteiger partial charge in [0, 0.05) is 35.1 Å². The summed E-state index contributed by atoms with van der Waals surface area (Å²) in [5, 5.41) is 0. The molecule has 1 aromatic carbocycles. The summed E-state index contributed by atoms with van der Waals surface area (Å²) < 4.78 is 30.8. The van der Waals surface area contributed by atoms with Gasteiger partial charge >= 0.3 is 0 Å². The summed E-state index contributed by atoms with van der Waals surface area (Å²) in [6.45, 7) is 7.03. The number of rotatable bonds is 3. The quantitative estimate of drug-likeness (QED) is 0.640. The number of hydrogen-bond acceptors (Lipinski definition) is 2. The molecule has 5 heteroatoms. The fourth-order valence-electron chi connectivity index (χ4n) is 1.18. The van der Waals surface area contributed by atoms with Crippen LogP contribution >= 0.6 is 0 Å². The summed E-state index contributed by atoms with van der Waals surface area (Å²) in [5.41, 5.74) is 0.986. The third-order valence-corrected chi connectivity index (χ3v) is 2.71. The van der Waals surface area contributed by atoms with Crippen molar-refractivity contribution in [1.29, 1.82) is 0 Å². The van der Waals surface area contributed by atoms with Crippen LogP contribution in [0.15, 0.2) is 36.3 Å². The Bertz CT molecular complexity index is 477. The Morgan fingerprint density at radius 2 is 1.80 bits per heavy atom. The SMILES string of the molecule is C=Cc1cccc(S(=O)(=O)O)c1C=C.[Na]. The second-order valence-corrected chi connectivity index (χ2v) is 4.03. The second-order valence-electron chi connectivity index (χ2n) is 2.64. The Hall–Kier alpha value is -0.390. The van der Waals surface area contributed by atoms with Crippen molar-refractivity contribution in [3.63, 3.8) is 0 Å². The van der Waals surface area contributed by atoms with E-state index in [0.29, 0.717) is 11.1 Å². The van der Waals surface area contributed by atoms with Crippen molar-refractivity contribution >= 4 is 51.8 Å². The van der Waals surface area contributed by atoms with E-state index in [0.717, 1.165) is 0 Å². The van der Waals surface area contributed by atoms with Crippen molar-refractivity contribution < 1.29 is 13.0 Å². The van der Waals surface area contributed by atoms with Gasteiger partial charge in [-0.3, -0.25) is 4.55 Å². The summed E-state index contributed by atoms with van der Waals surface area (Å²) in [5.74, 6) is 0. The van der Waals surface area contributed by atoms with Crippen LogP contribution in [0.2, 0.25) is 0 Å². The average Bonchev–Trinajstić information content (AvgIpc) is 2.15. The summed E-state index contributed by atoms with van der Waals surface area (Å²) in [6, 6.07) is 4.55. The molecule has 0 spiro atoms. The van der Waals surface area contributed by atoms with Crippen LogP contribution in [0.4, 0.5) is 0 Å². The number of benzene rings is 1. The third-order valence-electron chi connectivity index (χ3n) is 1.80. The minimum atomic E-state index is -4.20. The standard InChI is InChI=1S/C10H10O3S.Na/c1-3-8-6-5-7-10(9(8)4-2)14(11,12)13;/h3-7H,1-2H2,(H,11,12,13);. The van der Waals surface area contributed by atoms with Gasteiger partial charge in [0.2, 0.25) is 0 Å². The van der Waals surface area contributed by atoms with E-state index in [1.54, 1.807) is 6.07 Å². The van der Waals surface area contributed by atoms with Gasteiger partial charge in [-0.1, -0.05) is 37.4 Å². The van der Waals surface area contributed by atoms with Crippen LogP contribution in [0.5, 0.6) is 0 Å². The molecule has 0 atom stereocenters. The van der Waals surface area contributed by atoms with Crippen LogP contribution in [0.1, 0.15) is 11.1 Å². The maximum atomic E-state index is 11.0. The van der Waals surface area contributed by atoms with Crippen molar-refractivity contribution in [2.45, 2.75) is 4.90 Å². The van der Waals surface area contributed by atoms with Crippen molar-refractivity contribution in [2.75, 3.05) is 0 Å². The third kappa shape index (κ3) is 3.29. The van der Waals surface area contributed by atoms with E-state index in [4.69, 9.17) is 4.55 Å². The first-order chi connectivity index (χ1) is 6.50. The van der Waals surface area contributed by atoms with Gasteiger partial charge in [0.05, 0.1) is 0 Å². The smallest absolute Gasteiger partial charge is 0.282 e. The van der Waals surface area contributed by atoms with Crippen molar-refractivity contribution in [1.82, 2.24) is 0 Å². The Kier molecular flexibility index (Phi) is 5.48. The maximum Gasteiger partial charge on any atom is 0.295 e. The van der Waals surface area contributed by atoms with Gasteiger partial charge in [0.1, 0.15) is 4.90 Å². The van der Waals surface area contributed by atoms with Crippen molar-refractivity contribution in [3.8, 4) is 0 Å². The van der Waals surface area contributed by atoms with Gasteiger partial charge in [-0.2, -0.15) is 8.42 Å². The molecule has 3 nitrogen and oxygen atoms in total. The minimum absolute atomic E-state index is 0. The van der Waals surface area contributed by atoms with E-state index < -0.39 is 10.1 Å². The Labute approximate surface area is 112 Å². The molecule has 0 saturated heterocycles. The molecule has 0 amide bonds. The van der Waals surface area contributed by atoms with E-state index in [9.17, 15) is 8.42 Å².